The first-order valence-corrected chi connectivity index (χ1v) is 11.8. The third kappa shape index (κ3) is 6.15. The quantitative estimate of drug-likeness (QED) is 0.516. The van der Waals surface area contributed by atoms with Gasteiger partial charge in [0.25, 0.3) is 5.91 Å². The Hall–Kier alpha value is -3.15. The number of cyclic esters (lactones) is 1. The lowest BCUT2D eigenvalue weighted by Gasteiger charge is -2.31. The Morgan fingerprint density at radius 3 is 2.56 bits per heavy atom. The van der Waals surface area contributed by atoms with Crippen molar-refractivity contribution >= 4 is 23.7 Å². The Kier molecular flexibility index (Phi) is 8.59. The molecule has 4 atom stereocenters. The van der Waals surface area contributed by atoms with Gasteiger partial charge in [-0.05, 0) is 37.8 Å². The Balaban J connectivity index is 1.74. The van der Waals surface area contributed by atoms with Crippen LogP contribution in [0, 0.1) is 5.92 Å². The predicted octanol–water partition coefficient (Wildman–Crippen LogP) is 2.25. The minimum absolute atomic E-state index is 0.0691. The highest BCUT2D eigenvalue weighted by Gasteiger charge is 2.43. The smallest absolute Gasteiger partial charge is 0.417 e. The zero-order valence-electron chi connectivity index (χ0n) is 20.3. The van der Waals surface area contributed by atoms with Gasteiger partial charge in [-0.1, -0.05) is 26.0 Å². The van der Waals surface area contributed by atoms with Gasteiger partial charge in [0.15, 0.2) is 0 Å². The fourth-order valence-electron chi connectivity index (χ4n) is 4.39. The van der Waals surface area contributed by atoms with Gasteiger partial charge in [0.2, 0.25) is 18.1 Å². The summed E-state index contributed by atoms with van der Waals surface area (Å²) in [5, 5.41) is 5.15. The van der Waals surface area contributed by atoms with Crippen LogP contribution in [0.5, 0.6) is 0 Å². The van der Waals surface area contributed by atoms with E-state index in [1.54, 1.807) is 20.8 Å². The molecule has 12 heteroatoms. The van der Waals surface area contributed by atoms with Crippen LogP contribution in [0.3, 0.4) is 0 Å². The maximum Gasteiger partial charge on any atom is 0.417 e. The number of likely N-dealkylation sites (tertiary alicyclic amines) is 1. The normalized spacial score (nSPS) is 22.9. The highest BCUT2D eigenvalue weighted by Crippen LogP contribution is 2.32. The van der Waals surface area contributed by atoms with Gasteiger partial charge < -0.3 is 25.0 Å². The number of benzene rings is 1. The molecule has 0 aromatic heterocycles. The summed E-state index contributed by atoms with van der Waals surface area (Å²) in [6, 6.07) is 1.61. The first-order chi connectivity index (χ1) is 16.9. The van der Waals surface area contributed by atoms with Crippen LogP contribution >= 0.6 is 0 Å². The zero-order valence-corrected chi connectivity index (χ0v) is 20.3. The van der Waals surface area contributed by atoms with Crippen LogP contribution in [0.1, 0.15) is 56.0 Å². The van der Waals surface area contributed by atoms with E-state index in [9.17, 15) is 32.3 Å². The van der Waals surface area contributed by atoms with Gasteiger partial charge in [-0.15, -0.1) is 0 Å². The highest BCUT2D eigenvalue weighted by atomic mass is 19.4. The summed E-state index contributed by atoms with van der Waals surface area (Å²) in [5.74, 6) is -3.08. The van der Waals surface area contributed by atoms with Crippen LogP contribution in [0.2, 0.25) is 0 Å². The van der Waals surface area contributed by atoms with Gasteiger partial charge in [0, 0.05) is 13.2 Å². The molecule has 0 saturated carbocycles. The molecule has 1 aromatic rings. The van der Waals surface area contributed by atoms with Crippen LogP contribution in [-0.4, -0.2) is 66.2 Å². The van der Waals surface area contributed by atoms with Crippen LogP contribution in [0.15, 0.2) is 24.3 Å². The van der Waals surface area contributed by atoms with E-state index >= 15 is 0 Å². The number of carbonyl (C=O) groups excluding carboxylic acids is 4. The molecule has 2 heterocycles. The van der Waals surface area contributed by atoms with Crippen molar-refractivity contribution < 1.29 is 41.8 Å². The summed E-state index contributed by atoms with van der Waals surface area (Å²) >= 11 is 0. The van der Waals surface area contributed by atoms with E-state index < -0.39 is 71.3 Å². The number of amides is 3. The summed E-state index contributed by atoms with van der Waals surface area (Å²) in [6.45, 7) is 5.53. The van der Waals surface area contributed by atoms with E-state index in [-0.39, 0.29) is 19.6 Å². The lowest BCUT2D eigenvalue weighted by molar-refractivity contribution is -0.164. The molecule has 0 radical (unpaired) electrons. The van der Waals surface area contributed by atoms with E-state index in [0.717, 1.165) is 12.1 Å². The Morgan fingerprint density at radius 1 is 1.22 bits per heavy atom. The van der Waals surface area contributed by atoms with Gasteiger partial charge in [0.1, 0.15) is 18.1 Å². The summed E-state index contributed by atoms with van der Waals surface area (Å²) in [4.78, 5) is 52.2. The van der Waals surface area contributed by atoms with Crippen LogP contribution < -0.4 is 10.6 Å². The van der Waals surface area contributed by atoms with Crippen molar-refractivity contribution in [1.82, 2.24) is 15.5 Å². The zero-order chi connectivity index (χ0) is 26.6. The van der Waals surface area contributed by atoms with Crippen LogP contribution in [0.4, 0.5) is 13.2 Å². The topological polar surface area (TPSA) is 114 Å². The number of nitrogens with zero attached hydrogens (tertiary/aromatic N) is 1. The molecule has 0 aliphatic carbocycles. The predicted molar refractivity (Wildman–Crippen MR) is 120 cm³/mol. The molecule has 2 aliphatic rings. The first-order valence-electron chi connectivity index (χ1n) is 11.8. The van der Waals surface area contributed by atoms with Gasteiger partial charge in [-0.2, -0.15) is 13.2 Å². The van der Waals surface area contributed by atoms with E-state index in [1.807, 2.05) is 0 Å². The number of nitrogens with one attached hydrogen (secondary N) is 2. The van der Waals surface area contributed by atoms with Gasteiger partial charge >= 0.3 is 12.1 Å². The van der Waals surface area contributed by atoms with Crippen molar-refractivity contribution in [3.63, 3.8) is 0 Å². The van der Waals surface area contributed by atoms with Crippen molar-refractivity contribution in [2.45, 2.75) is 70.6 Å². The van der Waals surface area contributed by atoms with Crippen molar-refractivity contribution in [2.75, 3.05) is 13.2 Å². The summed E-state index contributed by atoms with van der Waals surface area (Å²) in [5.41, 5.74) is -1.69. The average Bonchev–Trinajstić information content (AvgIpc) is 3.43. The lowest BCUT2D eigenvalue weighted by atomic mass is 10.00. The van der Waals surface area contributed by atoms with Crippen LogP contribution in [-0.2, 0) is 30.0 Å². The van der Waals surface area contributed by atoms with Gasteiger partial charge in [-0.3, -0.25) is 19.2 Å². The van der Waals surface area contributed by atoms with E-state index in [4.69, 9.17) is 9.47 Å². The van der Waals surface area contributed by atoms with E-state index in [2.05, 4.69) is 10.6 Å². The third-order valence-corrected chi connectivity index (χ3v) is 6.16. The Labute approximate surface area is 206 Å². The molecule has 3 rings (SSSR count). The number of hydrogen-bond donors (Lipinski definition) is 2. The van der Waals surface area contributed by atoms with E-state index in [1.165, 1.54) is 17.0 Å². The molecule has 2 fully saturated rings. The minimum atomic E-state index is -4.74. The summed E-state index contributed by atoms with van der Waals surface area (Å²) < 4.78 is 50.5. The third-order valence-electron chi connectivity index (χ3n) is 6.16. The lowest BCUT2D eigenvalue weighted by Crippen LogP contribution is -2.56. The largest absolute Gasteiger partial charge is 0.433 e. The molecule has 9 nitrogen and oxygen atoms in total. The number of rotatable bonds is 8. The average molecular weight is 514 g/mol. The summed E-state index contributed by atoms with van der Waals surface area (Å²) in [6.07, 6.45) is -4.86. The Bertz CT molecular complexity index is 1000. The van der Waals surface area contributed by atoms with Gasteiger partial charge in [-0.25, -0.2) is 0 Å². The minimum Gasteiger partial charge on any atom is -0.433 e. The molecule has 0 bridgehead atoms. The van der Waals surface area contributed by atoms with E-state index in [0.29, 0.717) is 12.8 Å². The molecular formula is C24H30F3N3O6. The van der Waals surface area contributed by atoms with Crippen molar-refractivity contribution in [3.8, 4) is 0 Å². The van der Waals surface area contributed by atoms with Crippen molar-refractivity contribution in [3.05, 3.63) is 35.4 Å². The van der Waals surface area contributed by atoms with Crippen LogP contribution in [0.25, 0.3) is 0 Å². The fourth-order valence-corrected chi connectivity index (χ4v) is 4.39. The molecule has 0 spiro atoms. The highest BCUT2D eigenvalue weighted by molar-refractivity contribution is 5.99. The molecule has 2 N–H and O–H groups in total. The molecule has 3 amide bonds. The maximum absolute atomic E-state index is 13.4. The molecule has 0 unspecified atom stereocenters. The number of alkyl halides is 3. The summed E-state index contributed by atoms with van der Waals surface area (Å²) in [7, 11) is 0. The fraction of sp³-hybridized carbons (Fsp3) is 0.583. The number of halogens is 3. The molecule has 36 heavy (non-hydrogen) atoms. The molecule has 2 aliphatic heterocycles. The van der Waals surface area contributed by atoms with Crippen molar-refractivity contribution in [2.24, 2.45) is 5.92 Å². The number of carbonyl (C=O) groups is 4. The number of esters is 1. The molecule has 2 saturated heterocycles. The second-order valence-electron chi connectivity index (χ2n) is 9.06. The first kappa shape index (κ1) is 27.4. The maximum atomic E-state index is 13.4. The number of hydrogen-bond acceptors (Lipinski definition) is 6. The second-order valence-corrected chi connectivity index (χ2v) is 9.06. The Morgan fingerprint density at radius 2 is 1.92 bits per heavy atom. The SMILES string of the molecule is CCO[C@@H]1OC(=O)C[C@@H]1NC(=O)[C@@H]1CCCN1C(=O)[C@@H](NC(=O)c1ccccc1C(F)(F)F)C(C)C. The monoisotopic (exact) mass is 513 g/mol. The molecule has 1 aromatic carbocycles. The number of ether oxygens (including phenoxy) is 2. The molecular weight excluding hydrogens is 483 g/mol. The van der Waals surface area contributed by atoms with Crippen molar-refractivity contribution in [1.29, 1.82) is 0 Å². The standard InChI is InChI=1S/C24H30F3N3O6/c1-4-35-23-16(12-18(31)36-23)28-21(33)17-10-7-11-30(17)22(34)19(13(2)3)29-20(32)14-8-5-6-9-15(14)24(25,26)27/h5-6,8-9,13,16-17,19,23H,4,7,10-12H2,1-3H3,(H,28,33)(H,29,32)/t16-,17-,19-,23+/m0/s1. The van der Waals surface area contributed by atoms with Gasteiger partial charge in [0.05, 0.1) is 17.5 Å². The molecule has 198 valence electrons. The second kappa shape index (κ2) is 11.3.